The molecule has 164 valence electrons. The van der Waals surface area contributed by atoms with Gasteiger partial charge in [-0.1, -0.05) is 35.6 Å². The number of amides is 1. The fourth-order valence-corrected chi connectivity index (χ4v) is 4.85. The Balaban J connectivity index is 1.94. The molecule has 0 atom stereocenters. The molecule has 10 heteroatoms. The van der Waals surface area contributed by atoms with E-state index in [1.54, 1.807) is 30.5 Å². The maximum Gasteiger partial charge on any atom is 0.262 e. The predicted molar refractivity (Wildman–Crippen MR) is 131 cm³/mol. The lowest BCUT2D eigenvalue weighted by molar-refractivity contribution is -0.126. The van der Waals surface area contributed by atoms with Gasteiger partial charge in [-0.05, 0) is 36.8 Å². The zero-order chi connectivity index (χ0) is 22.4. The van der Waals surface area contributed by atoms with Crippen molar-refractivity contribution in [1.82, 2.24) is 9.88 Å². The molecule has 0 fully saturated rings. The fraction of sp³-hybridized carbons (Fsp3) is 0.286. The third kappa shape index (κ3) is 5.82. The Morgan fingerprint density at radius 3 is 2.77 bits per heavy atom. The summed E-state index contributed by atoms with van der Waals surface area (Å²) >= 11 is 2.25. The summed E-state index contributed by atoms with van der Waals surface area (Å²) in [6.07, 6.45) is 5.81. The average Bonchev–Trinajstić information content (AvgIpc) is 2.90. The smallest absolute Gasteiger partial charge is 0.262 e. The molecule has 1 aromatic heterocycles. The van der Waals surface area contributed by atoms with Crippen molar-refractivity contribution < 1.29 is 13.2 Å². The van der Waals surface area contributed by atoms with Gasteiger partial charge in [0.1, 0.15) is 5.84 Å². The van der Waals surface area contributed by atoms with E-state index in [9.17, 15) is 13.2 Å². The number of fused-ring (bicyclic) bond motifs is 1. The van der Waals surface area contributed by atoms with Crippen LogP contribution in [0, 0.1) is 0 Å². The Hall–Kier alpha value is -2.47. The van der Waals surface area contributed by atoms with E-state index in [0.717, 1.165) is 10.8 Å². The van der Waals surface area contributed by atoms with Gasteiger partial charge in [0.2, 0.25) is 5.91 Å². The Morgan fingerprint density at radius 1 is 1.29 bits per heavy atom. The molecule has 0 bridgehead atoms. The molecule has 0 saturated heterocycles. The summed E-state index contributed by atoms with van der Waals surface area (Å²) in [4.78, 5) is 23.2. The van der Waals surface area contributed by atoms with Gasteiger partial charge in [-0.2, -0.15) is 0 Å². The van der Waals surface area contributed by atoms with Gasteiger partial charge in [0.15, 0.2) is 0 Å². The number of nitrogens with two attached hydrogens (primary N) is 1. The highest BCUT2D eigenvalue weighted by Gasteiger charge is 2.22. The van der Waals surface area contributed by atoms with Crippen molar-refractivity contribution >= 4 is 61.8 Å². The van der Waals surface area contributed by atoms with Gasteiger partial charge in [0.25, 0.3) is 10.0 Å². The predicted octanol–water partition coefficient (Wildman–Crippen LogP) is 3.33. The van der Waals surface area contributed by atoms with Crippen LogP contribution in [0.3, 0.4) is 0 Å². The molecule has 2 heterocycles. The minimum absolute atomic E-state index is 0.0485. The highest BCUT2D eigenvalue weighted by atomic mass is 127. The number of aliphatic imine (C=N–C) groups is 1. The molecule has 3 N–H and O–H groups in total. The number of hydrogen-bond acceptors (Lipinski definition) is 6. The van der Waals surface area contributed by atoms with Crippen LogP contribution in [0.1, 0.15) is 25.3 Å². The number of halogens is 1. The molecule has 0 spiro atoms. The summed E-state index contributed by atoms with van der Waals surface area (Å²) in [5.41, 5.74) is 8.03. The summed E-state index contributed by atoms with van der Waals surface area (Å²) in [6.45, 7) is 3.35. The third-order valence-corrected chi connectivity index (χ3v) is 6.46. The second-order valence-corrected chi connectivity index (χ2v) is 9.76. The van der Waals surface area contributed by atoms with E-state index in [4.69, 9.17) is 5.73 Å². The number of carbonyl (C=O) groups is 1. The molecule has 0 unspecified atom stereocenters. The van der Waals surface area contributed by atoms with Gasteiger partial charge in [-0.3, -0.25) is 14.5 Å². The normalized spacial score (nSPS) is 13.5. The number of anilines is 1. The maximum atomic E-state index is 13.0. The van der Waals surface area contributed by atoms with Crippen molar-refractivity contribution in [3.63, 3.8) is 0 Å². The number of nitrogens with zero attached hydrogens (tertiary/aromatic N) is 3. The van der Waals surface area contributed by atoms with E-state index < -0.39 is 10.0 Å². The summed E-state index contributed by atoms with van der Waals surface area (Å²) in [6, 6.07) is 7.85. The van der Waals surface area contributed by atoms with E-state index in [1.807, 2.05) is 11.8 Å². The largest absolute Gasteiger partial charge is 0.387 e. The second-order valence-electron chi connectivity index (χ2n) is 7.00. The van der Waals surface area contributed by atoms with Crippen LogP contribution in [0.5, 0.6) is 0 Å². The lowest BCUT2D eigenvalue weighted by Gasteiger charge is -2.22. The van der Waals surface area contributed by atoms with Crippen LogP contribution < -0.4 is 10.5 Å². The van der Waals surface area contributed by atoms with Crippen molar-refractivity contribution in [2.24, 2.45) is 10.7 Å². The van der Waals surface area contributed by atoms with Crippen LogP contribution in [0.15, 0.2) is 58.2 Å². The number of sulfonamides is 1. The highest BCUT2D eigenvalue weighted by molar-refractivity contribution is 14.1. The minimum Gasteiger partial charge on any atom is -0.387 e. The topological polar surface area (TPSA) is 118 Å². The quantitative estimate of drug-likeness (QED) is 0.384. The number of amidine groups is 1. The molecule has 1 aromatic carbocycles. The number of pyridine rings is 1. The standard InChI is InChI=1S/C21H24IN5O3S/c1-2-9-27(10-7-22)21(28)16-11-15-5-6-18(13-19(15)25-20(23)12-16)31(29,30)26-17-4-3-8-24-14-17/h3-6,8,11,13-14,26H,2,7,9-10,12H2,1H3,(H2,23,25). The molecule has 0 radical (unpaired) electrons. The molecule has 0 saturated carbocycles. The summed E-state index contributed by atoms with van der Waals surface area (Å²) in [7, 11) is -3.83. The first-order chi connectivity index (χ1) is 14.8. The molecule has 3 rings (SSSR count). The van der Waals surface area contributed by atoms with Crippen LogP contribution >= 0.6 is 22.6 Å². The molecule has 1 aliphatic heterocycles. The Bertz CT molecular complexity index is 1110. The van der Waals surface area contributed by atoms with Gasteiger partial charge < -0.3 is 10.6 Å². The summed E-state index contributed by atoms with van der Waals surface area (Å²) in [5.74, 6) is 0.193. The minimum atomic E-state index is -3.83. The van der Waals surface area contributed by atoms with Gasteiger partial charge >= 0.3 is 0 Å². The van der Waals surface area contributed by atoms with E-state index in [2.05, 4.69) is 37.3 Å². The number of benzene rings is 1. The molecule has 2 aromatic rings. The maximum absolute atomic E-state index is 13.0. The van der Waals surface area contributed by atoms with Gasteiger partial charge in [-0.25, -0.2) is 13.4 Å². The number of aromatic nitrogens is 1. The molecular weight excluding hydrogens is 529 g/mol. The first-order valence-corrected chi connectivity index (χ1v) is 12.8. The first-order valence-electron chi connectivity index (χ1n) is 9.79. The number of nitrogens with one attached hydrogen (secondary N) is 1. The first kappa shape index (κ1) is 23.2. The molecule has 0 aliphatic carbocycles. The van der Waals surface area contributed by atoms with E-state index in [1.165, 1.54) is 18.3 Å². The van der Waals surface area contributed by atoms with Gasteiger partial charge in [-0.15, -0.1) is 0 Å². The summed E-state index contributed by atoms with van der Waals surface area (Å²) in [5, 5.41) is 0. The number of carbonyl (C=O) groups excluding carboxylic acids is 1. The molecular formula is C21H24IN5O3S. The van der Waals surface area contributed by atoms with Gasteiger partial charge in [0, 0.05) is 41.3 Å². The van der Waals surface area contributed by atoms with Crippen LogP contribution in [-0.4, -0.2) is 47.6 Å². The van der Waals surface area contributed by atoms with E-state index >= 15 is 0 Å². The zero-order valence-electron chi connectivity index (χ0n) is 17.1. The number of alkyl halides is 1. The molecule has 1 amide bonds. The van der Waals surface area contributed by atoms with E-state index in [-0.39, 0.29) is 23.1 Å². The monoisotopic (exact) mass is 553 g/mol. The highest BCUT2D eigenvalue weighted by Crippen LogP contribution is 2.30. The Kier molecular flexibility index (Phi) is 7.65. The SMILES string of the molecule is CCCN(CCI)C(=O)C1=Cc2ccc(S(=O)(=O)Nc3cccnc3)cc2N=C(N)C1. The third-order valence-electron chi connectivity index (χ3n) is 4.60. The molecule has 1 aliphatic rings. The van der Waals surface area contributed by atoms with Crippen molar-refractivity contribution in [3.8, 4) is 0 Å². The average molecular weight is 553 g/mol. The Labute approximate surface area is 195 Å². The van der Waals surface area contributed by atoms with Crippen molar-refractivity contribution in [2.45, 2.75) is 24.7 Å². The van der Waals surface area contributed by atoms with E-state index in [0.29, 0.717) is 35.6 Å². The zero-order valence-corrected chi connectivity index (χ0v) is 20.1. The molecule has 8 nitrogen and oxygen atoms in total. The Morgan fingerprint density at radius 2 is 2.10 bits per heavy atom. The van der Waals surface area contributed by atoms with Crippen molar-refractivity contribution in [3.05, 3.63) is 53.9 Å². The molecule has 31 heavy (non-hydrogen) atoms. The lowest BCUT2D eigenvalue weighted by atomic mass is 10.1. The summed E-state index contributed by atoms with van der Waals surface area (Å²) < 4.78 is 28.9. The number of rotatable bonds is 8. The van der Waals surface area contributed by atoms with Crippen molar-refractivity contribution in [1.29, 1.82) is 0 Å². The number of hydrogen-bond donors (Lipinski definition) is 2. The second kappa shape index (κ2) is 10.2. The van der Waals surface area contributed by atoms with Crippen LogP contribution in [0.2, 0.25) is 0 Å². The van der Waals surface area contributed by atoms with Gasteiger partial charge in [0.05, 0.1) is 22.5 Å². The van der Waals surface area contributed by atoms with Crippen LogP contribution in [0.4, 0.5) is 11.4 Å². The van der Waals surface area contributed by atoms with Crippen molar-refractivity contribution in [2.75, 3.05) is 22.2 Å². The lowest BCUT2D eigenvalue weighted by Crippen LogP contribution is -2.35. The van der Waals surface area contributed by atoms with Crippen LogP contribution in [-0.2, 0) is 14.8 Å². The fourth-order valence-electron chi connectivity index (χ4n) is 3.20. The van der Waals surface area contributed by atoms with Crippen LogP contribution in [0.25, 0.3) is 6.08 Å².